The maximum atomic E-state index is 12.6. The molecular weight excluding hydrogens is 432 g/mol. The lowest BCUT2D eigenvalue weighted by atomic mass is 9.81. The number of nitrogens with zero attached hydrogens (tertiary/aromatic N) is 1. The number of nitrogens with one attached hydrogen (secondary N) is 1. The zero-order chi connectivity index (χ0) is 24.5. The normalized spacial score (nSPS) is 22.1. The fourth-order valence-electron chi connectivity index (χ4n) is 5.03. The first kappa shape index (κ1) is 23.8. The molecule has 3 atom stereocenters. The second-order valence-corrected chi connectivity index (χ2v) is 9.81. The number of aliphatic carboxylic acids is 1. The predicted octanol–water partition coefficient (Wildman–Crippen LogP) is 4.26. The molecule has 7 nitrogen and oxygen atoms in total. The van der Waals surface area contributed by atoms with Crippen LogP contribution in [0.5, 0.6) is 0 Å². The smallest absolute Gasteiger partial charge is 0.407 e. The lowest BCUT2D eigenvalue weighted by Crippen LogP contribution is -2.37. The first-order valence-corrected chi connectivity index (χ1v) is 11.8. The van der Waals surface area contributed by atoms with Crippen LogP contribution in [0.15, 0.2) is 48.5 Å². The quantitative estimate of drug-likeness (QED) is 0.638. The summed E-state index contributed by atoms with van der Waals surface area (Å²) in [7, 11) is 0. The van der Waals surface area contributed by atoms with Crippen LogP contribution in [0.3, 0.4) is 0 Å². The summed E-state index contributed by atoms with van der Waals surface area (Å²) < 4.78 is 5.57. The molecule has 1 aliphatic carbocycles. The molecule has 2 aromatic carbocycles. The van der Waals surface area contributed by atoms with Crippen molar-refractivity contribution in [1.82, 2.24) is 10.2 Å². The van der Waals surface area contributed by atoms with E-state index in [1.807, 2.05) is 38.1 Å². The Hall–Kier alpha value is -3.35. The van der Waals surface area contributed by atoms with Crippen molar-refractivity contribution in [1.29, 1.82) is 0 Å². The summed E-state index contributed by atoms with van der Waals surface area (Å²) in [6.07, 6.45) is 0.195. The van der Waals surface area contributed by atoms with Gasteiger partial charge in [-0.2, -0.15) is 0 Å². The molecule has 1 saturated heterocycles. The minimum Gasteiger partial charge on any atom is -0.481 e. The highest BCUT2D eigenvalue weighted by molar-refractivity contribution is 5.81. The van der Waals surface area contributed by atoms with Gasteiger partial charge in [0.05, 0.1) is 5.41 Å². The SMILES string of the molecule is CC(CCC(=O)N1CC(C)C(C)(C(=O)O)C1)NC(=O)OCC1c2ccccc2-c2ccccc21. The van der Waals surface area contributed by atoms with Gasteiger partial charge >= 0.3 is 12.1 Å². The summed E-state index contributed by atoms with van der Waals surface area (Å²) in [5.74, 6) is -1.07. The van der Waals surface area contributed by atoms with Crippen molar-refractivity contribution >= 4 is 18.0 Å². The average molecular weight is 465 g/mol. The number of benzene rings is 2. The van der Waals surface area contributed by atoms with Gasteiger partial charge in [0.15, 0.2) is 0 Å². The van der Waals surface area contributed by atoms with E-state index >= 15 is 0 Å². The van der Waals surface area contributed by atoms with Crippen LogP contribution in [0.4, 0.5) is 4.79 Å². The fraction of sp³-hybridized carbons (Fsp3) is 0.444. The summed E-state index contributed by atoms with van der Waals surface area (Å²) >= 11 is 0. The summed E-state index contributed by atoms with van der Waals surface area (Å²) in [5.41, 5.74) is 3.75. The molecule has 1 fully saturated rings. The summed E-state index contributed by atoms with van der Waals surface area (Å²) in [6.45, 7) is 6.29. The van der Waals surface area contributed by atoms with Gasteiger partial charge in [0.2, 0.25) is 5.91 Å². The Balaban J connectivity index is 1.26. The van der Waals surface area contributed by atoms with Crippen molar-refractivity contribution in [3.8, 4) is 11.1 Å². The highest BCUT2D eigenvalue weighted by atomic mass is 16.5. The number of carbonyl (C=O) groups is 3. The van der Waals surface area contributed by atoms with Crippen LogP contribution in [-0.2, 0) is 14.3 Å². The third kappa shape index (κ3) is 4.52. The molecule has 7 heteroatoms. The van der Waals surface area contributed by atoms with Gasteiger partial charge in [-0.15, -0.1) is 0 Å². The number of carboxylic acid groups (broad SMARTS) is 1. The van der Waals surface area contributed by atoms with Crippen LogP contribution in [0.1, 0.15) is 50.7 Å². The van der Waals surface area contributed by atoms with Gasteiger partial charge in [-0.05, 0) is 48.4 Å². The molecule has 2 aromatic rings. The van der Waals surface area contributed by atoms with E-state index in [1.54, 1.807) is 11.8 Å². The van der Waals surface area contributed by atoms with Crippen molar-refractivity contribution in [3.63, 3.8) is 0 Å². The molecule has 0 spiro atoms. The Morgan fingerprint density at radius 3 is 2.26 bits per heavy atom. The second-order valence-electron chi connectivity index (χ2n) is 9.81. The van der Waals surface area contributed by atoms with Crippen LogP contribution < -0.4 is 5.32 Å². The Morgan fingerprint density at radius 1 is 1.12 bits per heavy atom. The second kappa shape index (κ2) is 9.49. The molecular formula is C27H32N2O5. The highest BCUT2D eigenvalue weighted by Crippen LogP contribution is 2.44. The van der Waals surface area contributed by atoms with E-state index in [2.05, 4.69) is 29.6 Å². The molecule has 2 amide bonds. The van der Waals surface area contributed by atoms with Crippen molar-refractivity contribution < 1.29 is 24.2 Å². The molecule has 34 heavy (non-hydrogen) atoms. The lowest BCUT2D eigenvalue weighted by Gasteiger charge is -2.22. The number of ether oxygens (including phenoxy) is 1. The molecule has 0 saturated carbocycles. The van der Waals surface area contributed by atoms with Crippen LogP contribution in [0.2, 0.25) is 0 Å². The van der Waals surface area contributed by atoms with Crippen molar-refractivity contribution in [3.05, 3.63) is 59.7 Å². The number of likely N-dealkylation sites (tertiary alicyclic amines) is 1. The van der Waals surface area contributed by atoms with E-state index < -0.39 is 17.5 Å². The Kier molecular flexibility index (Phi) is 6.64. The standard InChI is InChI=1S/C27H32N2O5/c1-17-14-29(16-27(17,3)25(31)32)24(30)13-12-18(2)28-26(33)34-15-23-21-10-6-4-8-19(21)20-9-5-7-11-22(20)23/h4-11,17-18,23H,12-16H2,1-3H3,(H,28,33)(H,31,32). The molecule has 4 rings (SSSR count). The topological polar surface area (TPSA) is 95.9 Å². The highest BCUT2D eigenvalue weighted by Gasteiger charge is 2.47. The zero-order valence-corrected chi connectivity index (χ0v) is 19.9. The molecule has 0 aromatic heterocycles. The Morgan fingerprint density at radius 2 is 1.71 bits per heavy atom. The van der Waals surface area contributed by atoms with E-state index in [9.17, 15) is 19.5 Å². The number of hydrogen-bond acceptors (Lipinski definition) is 4. The number of carbonyl (C=O) groups excluding carboxylic acids is 2. The number of fused-ring (bicyclic) bond motifs is 3. The molecule has 0 bridgehead atoms. The van der Waals surface area contributed by atoms with Gasteiger partial charge < -0.3 is 20.1 Å². The Labute approximate surface area is 200 Å². The van der Waals surface area contributed by atoms with Gasteiger partial charge in [-0.1, -0.05) is 55.5 Å². The number of amides is 2. The number of hydrogen-bond donors (Lipinski definition) is 2. The zero-order valence-electron chi connectivity index (χ0n) is 19.9. The average Bonchev–Trinajstić information content (AvgIpc) is 3.31. The van der Waals surface area contributed by atoms with Crippen LogP contribution in [-0.4, -0.2) is 53.7 Å². The summed E-state index contributed by atoms with van der Waals surface area (Å²) in [5, 5.41) is 12.3. The van der Waals surface area contributed by atoms with Gasteiger partial charge in [0.1, 0.15) is 6.61 Å². The van der Waals surface area contributed by atoms with E-state index in [0.29, 0.717) is 13.0 Å². The van der Waals surface area contributed by atoms with E-state index in [1.165, 1.54) is 11.1 Å². The van der Waals surface area contributed by atoms with Crippen LogP contribution in [0, 0.1) is 11.3 Å². The van der Waals surface area contributed by atoms with E-state index in [-0.39, 0.29) is 43.4 Å². The minimum absolute atomic E-state index is 0.00395. The minimum atomic E-state index is -0.916. The van der Waals surface area contributed by atoms with Crippen molar-refractivity contribution in [2.45, 2.75) is 45.6 Å². The molecule has 0 radical (unpaired) electrons. The first-order chi connectivity index (χ1) is 16.2. The third-order valence-corrected chi connectivity index (χ3v) is 7.44. The van der Waals surface area contributed by atoms with Crippen LogP contribution in [0.25, 0.3) is 11.1 Å². The van der Waals surface area contributed by atoms with E-state index in [0.717, 1.165) is 11.1 Å². The first-order valence-electron chi connectivity index (χ1n) is 11.8. The number of alkyl carbamates (subject to hydrolysis) is 1. The largest absolute Gasteiger partial charge is 0.481 e. The van der Waals surface area contributed by atoms with Gasteiger partial charge in [0.25, 0.3) is 0 Å². The summed E-state index contributed by atoms with van der Waals surface area (Å²) in [4.78, 5) is 38.3. The fourth-order valence-corrected chi connectivity index (χ4v) is 5.03. The van der Waals surface area contributed by atoms with E-state index in [4.69, 9.17) is 4.74 Å². The van der Waals surface area contributed by atoms with Crippen molar-refractivity contribution in [2.24, 2.45) is 11.3 Å². The lowest BCUT2D eigenvalue weighted by molar-refractivity contribution is -0.149. The maximum absolute atomic E-state index is 12.6. The number of rotatable bonds is 7. The van der Waals surface area contributed by atoms with Crippen molar-refractivity contribution in [2.75, 3.05) is 19.7 Å². The molecule has 2 N–H and O–H groups in total. The molecule has 1 heterocycles. The summed E-state index contributed by atoms with van der Waals surface area (Å²) in [6, 6.07) is 16.1. The van der Waals surface area contributed by atoms with Crippen LogP contribution >= 0.6 is 0 Å². The molecule has 1 aliphatic heterocycles. The monoisotopic (exact) mass is 464 g/mol. The number of carboxylic acids is 1. The molecule has 2 aliphatic rings. The van der Waals surface area contributed by atoms with Gasteiger partial charge in [-0.25, -0.2) is 4.79 Å². The Bertz CT molecular complexity index is 1050. The maximum Gasteiger partial charge on any atom is 0.407 e. The predicted molar refractivity (Wildman–Crippen MR) is 128 cm³/mol. The molecule has 180 valence electrons. The molecule has 3 unspecified atom stereocenters. The van der Waals surface area contributed by atoms with Gasteiger partial charge in [0, 0.05) is 31.5 Å². The van der Waals surface area contributed by atoms with Gasteiger partial charge in [-0.3, -0.25) is 9.59 Å². The third-order valence-electron chi connectivity index (χ3n) is 7.44.